The lowest BCUT2D eigenvalue weighted by Gasteiger charge is -2.40. The highest BCUT2D eigenvalue weighted by Gasteiger charge is 2.43. The molecule has 3 rings (SSSR count). The van der Waals surface area contributed by atoms with Gasteiger partial charge in [0.15, 0.2) is 0 Å². The topological polar surface area (TPSA) is 119 Å². The summed E-state index contributed by atoms with van der Waals surface area (Å²) in [7, 11) is 0. The van der Waals surface area contributed by atoms with E-state index in [0.717, 1.165) is 0 Å². The van der Waals surface area contributed by atoms with Crippen LogP contribution in [0.2, 0.25) is 0 Å². The Labute approximate surface area is 150 Å². The largest absolute Gasteiger partial charge is 0.394 e. The zero-order valence-electron chi connectivity index (χ0n) is 13.9. The summed E-state index contributed by atoms with van der Waals surface area (Å²) in [5.74, 6) is -0.331. The van der Waals surface area contributed by atoms with Gasteiger partial charge in [-0.2, -0.15) is 0 Å². The van der Waals surface area contributed by atoms with Gasteiger partial charge in [-0.3, -0.25) is 4.79 Å². The molecular weight excluding hydrogens is 338 g/mol. The van der Waals surface area contributed by atoms with Crippen molar-refractivity contribution in [2.75, 3.05) is 11.9 Å². The Morgan fingerprint density at radius 1 is 0.962 bits per heavy atom. The van der Waals surface area contributed by atoms with Gasteiger partial charge in [-0.05, 0) is 29.8 Å². The molecule has 7 heteroatoms. The normalized spacial score (nSPS) is 28.5. The summed E-state index contributed by atoms with van der Waals surface area (Å²) < 4.78 is 5.53. The van der Waals surface area contributed by atoms with E-state index in [1.54, 1.807) is 48.5 Å². The number of nitrogens with one attached hydrogen (secondary N) is 1. The molecule has 0 aromatic heterocycles. The van der Waals surface area contributed by atoms with Crippen molar-refractivity contribution < 1.29 is 30.0 Å². The fourth-order valence-electron chi connectivity index (χ4n) is 2.96. The second-order valence-corrected chi connectivity index (χ2v) is 6.20. The molecule has 1 aliphatic rings. The Kier molecular flexibility index (Phi) is 5.65. The number of para-hydroxylation sites is 1. The summed E-state index contributed by atoms with van der Waals surface area (Å²) in [6, 6.07) is 15.4. The van der Waals surface area contributed by atoms with Gasteiger partial charge in [0.25, 0.3) is 5.91 Å². The van der Waals surface area contributed by atoms with Crippen LogP contribution in [0.25, 0.3) is 0 Å². The predicted octanol–water partition coefficient (Wildman–Crippen LogP) is 0.454. The van der Waals surface area contributed by atoms with E-state index in [2.05, 4.69) is 5.32 Å². The number of hydrogen-bond donors (Lipinski definition) is 5. The van der Waals surface area contributed by atoms with Crippen LogP contribution in [0, 0.1) is 0 Å². The van der Waals surface area contributed by atoms with Crippen LogP contribution >= 0.6 is 0 Å². The van der Waals surface area contributed by atoms with Crippen LogP contribution < -0.4 is 5.32 Å². The molecule has 7 nitrogen and oxygen atoms in total. The second-order valence-electron chi connectivity index (χ2n) is 6.20. The molecule has 138 valence electrons. The van der Waals surface area contributed by atoms with Crippen LogP contribution in [-0.2, 0) is 4.74 Å². The maximum absolute atomic E-state index is 12.4. The average Bonchev–Trinajstić information content (AvgIpc) is 2.67. The van der Waals surface area contributed by atoms with Crippen molar-refractivity contribution in [3.05, 3.63) is 65.7 Å². The van der Waals surface area contributed by atoms with E-state index in [4.69, 9.17) is 4.74 Å². The molecule has 0 radical (unpaired) electrons. The average molecular weight is 359 g/mol. The first-order chi connectivity index (χ1) is 12.5. The highest BCUT2D eigenvalue weighted by atomic mass is 16.5. The lowest BCUT2D eigenvalue weighted by Crippen LogP contribution is -2.55. The van der Waals surface area contributed by atoms with E-state index in [-0.39, 0.29) is 5.91 Å². The summed E-state index contributed by atoms with van der Waals surface area (Å²) in [4.78, 5) is 12.4. The Balaban J connectivity index is 1.81. The zero-order valence-corrected chi connectivity index (χ0v) is 13.9. The molecule has 0 spiro atoms. The number of aliphatic hydroxyl groups is 4. The highest BCUT2D eigenvalue weighted by Crippen LogP contribution is 2.32. The van der Waals surface area contributed by atoms with E-state index in [1.165, 1.54) is 0 Å². The molecule has 0 aliphatic carbocycles. The lowest BCUT2D eigenvalue weighted by molar-refractivity contribution is -0.231. The minimum Gasteiger partial charge on any atom is -0.394 e. The summed E-state index contributed by atoms with van der Waals surface area (Å²) in [5, 5.41) is 42.1. The van der Waals surface area contributed by atoms with Crippen molar-refractivity contribution in [1.82, 2.24) is 0 Å². The maximum Gasteiger partial charge on any atom is 0.255 e. The molecule has 1 amide bonds. The number of aliphatic hydroxyl groups excluding tert-OH is 4. The highest BCUT2D eigenvalue weighted by molar-refractivity contribution is 6.04. The standard InChI is InChI=1S/C19H21NO6/c21-10-14-15(22)16(23)17(24)18(26-14)11-5-4-6-12(9-11)19(25)20-13-7-2-1-3-8-13/h1-9,14-18,21-24H,10H2,(H,20,25). The molecule has 0 bridgehead atoms. The van der Waals surface area contributed by atoms with Gasteiger partial charge in [0.2, 0.25) is 0 Å². The van der Waals surface area contributed by atoms with Crippen molar-refractivity contribution >= 4 is 11.6 Å². The van der Waals surface area contributed by atoms with Crippen LogP contribution in [-0.4, -0.2) is 57.4 Å². The number of benzene rings is 2. The van der Waals surface area contributed by atoms with Gasteiger partial charge < -0.3 is 30.5 Å². The van der Waals surface area contributed by atoms with Crippen LogP contribution in [0.3, 0.4) is 0 Å². The van der Waals surface area contributed by atoms with Gasteiger partial charge >= 0.3 is 0 Å². The third-order valence-electron chi connectivity index (χ3n) is 4.40. The Bertz CT molecular complexity index is 751. The van der Waals surface area contributed by atoms with E-state index in [0.29, 0.717) is 16.8 Å². The molecule has 1 saturated heterocycles. The van der Waals surface area contributed by atoms with E-state index >= 15 is 0 Å². The predicted molar refractivity (Wildman–Crippen MR) is 93.6 cm³/mol. The first-order valence-electron chi connectivity index (χ1n) is 8.28. The van der Waals surface area contributed by atoms with E-state index in [9.17, 15) is 25.2 Å². The molecular formula is C19H21NO6. The maximum atomic E-state index is 12.4. The molecule has 5 N–H and O–H groups in total. The van der Waals surface area contributed by atoms with E-state index in [1.807, 2.05) is 6.07 Å². The third kappa shape index (κ3) is 3.77. The van der Waals surface area contributed by atoms with Crippen LogP contribution in [0.15, 0.2) is 54.6 Å². The quantitative estimate of drug-likeness (QED) is 0.541. The van der Waals surface area contributed by atoms with Gasteiger partial charge in [0, 0.05) is 11.3 Å². The number of rotatable bonds is 4. The molecule has 2 aromatic carbocycles. The van der Waals surface area contributed by atoms with Crippen molar-refractivity contribution in [1.29, 1.82) is 0 Å². The summed E-state index contributed by atoms with van der Waals surface area (Å²) in [6.07, 6.45) is -6.25. The van der Waals surface area contributed by atoms with E-state index < -0.39 is 37.1 Å². The Hall–Kier alpha value is -2.29. The minimum absolute atomic E-state index is 0.331. The minimum atomic E-state index is -1.47. The lowest BCUT2D eigenvalue weighted by atomic mass is 9.90. The molecule has 5 atom stereocenters. The summed E-state index contributed by atoms with van der Waals surface area (Å²) >= 11 is 0. The number of anilines is 1. The molecule has 0 saturated carbocycles. The van der Waals surface area contributed by atoms with Crippen LogP contribution in [0.5, 0.6) is 0 Å². The molecule has 1 heterocycles. The van der Waals surface area contributed by atoms with Gasteiger partial charge in [-0.15, -0.1) is 0 Å². The van der Waals surface area contributed by atoms with Gasteiger partial charge in [0.05, 0.1) is 6.61 Å². The SMILES string of the molecule is O=C(Nc1ccccc1)c1cccc(C2OC(CO)C(O)C(O)C2O)c1. The molecule has 1 aliphatic heterocycles. The fraction of sp³-hybridized carbons (Fsp3) is 0.316. The third-order valence-corrected chi connectivity index (χ3v) is 4.40. The number of amides is 1. The van der Waals surface area contributed by atoms with Crippen molar-refractivity contribution in [2.24, 2.45) is 0 Å². The fourth-order valence-corrected chi connectivity index (χ4v) is 2.96. The van der Waals surface area contributed by atoms with Gasteiger partial charge in [-0.1, -0.05) is 30.3 Å². The van der Waals surface area contributed by atoms with Crippen molar-refractivity contribution in [3.8, 4) is 0 Å². The smallest absolute Gasteiger partial charge is 0.255 e. The molecule has 1 fully saturated rings. The zero-order chi connectivity index (χ0) is 18.7. The van der Waals surface area contributed by atoms with Gasteiger partial charge in [-0.25, -0.2) is 0 Å². The van der Waals surface area contributed by atoms with Crippen molar-refractivity contribution in [3.63, 3.8) is 0 Å². The number of carbonyl (C=O) groups is 1. The number of hydrogen-bond acceptors (Lipinski definition) is 6. The summed E-state index contributed by atoms with van der Waals surface area (Å²) in [6.45, 7) is -0.504. The van der Waals surface area contributed by atoms with Crippen LogP contribution in [0.4, 0.5) is 5.69 Å². The van der Waals surface area contributed by atoms with Crippen molar-refractivity contribution in [2.45, 2.75) is 30.5 Å². The first kappa shape index (κ1) is 18.5. The Morgan fingerprint density at radius 3 is 2.38 bits per heavy atom. The number of ether oxygens (including phenoxy) is 1. The molecule has 26 heavy (non-hydrogen) atoms. The number of carbonyl (C=O) groups excluding carboxylic acids is 1. The molecule has 5 unspecified atom stereocenters. The monoisotopic (exact) mass is 359 g/mol. The Morgan fingerprint density at radius 2 is 1.69 bits per heavy atom. The summed E-state index contributed by atoms with van der Waals surface area (Å²) in [5.41, 5.74) is 1.46. The second kappa shape index (κ2) is 7.94. The van der Waals surface area contributed by atoms with Gasteiger partial charge in [0.1, 0.15) is 30.5 Å². The molecule has 2 aromatic rings. The van der Waals surface area contributed by atoms with Crippen LogP contribution in [0.1, 0.15) is 22.0 Å². The first-order valence-corrected chi connectivity index (χ1v) is 8.28.